The van der Waals surface area contributed by atoms with Crippen LogP contribution in [0.15, 0.2) is 12.4 Å². The van der Waals surface area contributed by atoms with Gasteiger partial charge in [-0.3, -0.25) is 9.88 Å². The highest BCUT2D eigenvalue weighted by Crippen LogP contribution is 2.29. The summed E-state index contributed by atoms with van der Waals surface area (Å²) in [5.41, 5.74) is 1.37. The molecule has 4 nitrogen and oxygen atoms in total. The smallest absolute Gasteiger partial charge is 0.144 e. The Labute approximate surface area is 110 Å². The van der Waals surface area contributed by atoms with Crippen molar-refractivity contribution in [3.8, 4) is 0 Å². The van der Waals surface area contributed by atoms with Crippen LogP contribution < -0.4 is 5.32 Å². The van der Waals surface area contributed by atoms with Crippen molar-refractivity contribution in [2.24, 2.45) is 0 Å². The molecule has 0 spiro atoms. The number of nitrogens with one attached hydrogen (secondary N) is 1. The Morgan fingerprint density at radius 2 is 2.17 bits per heavy atom. The monoisotopic (exact) mass is 248 g/mol. The minimum atomic E-state index is 0.306. The van der Waals surface area contributed by atoms with E-state index in [1.807, 2.05) is 12.4 Å². The van der Waals surface area contributed by atoms with Crippen LogP contribution in [-0.4, -0.2) is 33.5 Å². The zero-order chi connectivity index (χ0) is 13.0. The van der Waals surface area contributed by atoms with Crippen molar-refractivity contribution in [3.63, 3.8) is 0 Å². The summed E-state index contributed by atoms with van der Waals surface area (Å²) in [4.78, 5) is 11.4. The van der Waals surface area contributed by atoms with Crippen LogP contribution in [0.1, 0.15) is 45.7 Å². The Morgan fingerprint density at radius 3 is 2.72 bits per heavy atom. The normalized spacial score (nSPS) is 19.1. The number of likely N-dealkylation sites (tertiary alicyclic amines) is 1. The van der Waals surface area contributed by atoms with Gasteiger partial charge in [0.25, 0.3) is 0 Å². The first-order valence-electron chi connectivity index (χ1n) is 6.91. The summed E-state index contributed by atoms with van der Waals surface area (Å²) >= 11 is 0. The summed E-state index contributed by atoms with van der Waals surface area (Å²) in [6.45, 7) is 9.80. The minimum Gasteiger partial charge on any atom is -0.369 e. The van der Waals surface area contributed by atoms with E-state index in [9.17, 15) is 0 Å². The van der Waals surface area contributed by atoms with Crippen molar-refractivity contribution in [1.29, 1.82) is 0 Å². The van der Waals surface area contributed by atoms with Crippen LogP contribution in [0.3, 0.4) is 0 Å². The van der Waals surface area contributed by atoms with Gasteiger partial charge in [-0.2, -0.15) is 0 Å². The standard InChI is InChI=1S/C14H24N4/c1-4-7-15-13-10-16-12(9-17-13)11-18-8-5-6-14(18,2)3/h9-10H,4-8,11H2,1-3H3,(H,15,17). The fourth-order valence-corrected chi connectivity index (χ4v) is 2.43. The first kappa shape index (κ1) is 13.3. The molecule has 1 aromatic heterocycles. The van der Waals surface area contributed by atoms with Gasteiger partial charge in [0.15, 0.2) is 0 Å². The summed E-state index contributed by atoms with van der Waals surface area (Å²) in [5.74, 6) is 0.876. The predicted molar refractivity (Wildman–Crippen MR) is 74.5 cm³/mol. The largest absolute Gasteiger partial charge is 0.369 e. The van der Waals surface area contributed by atoms with Gasteiger partial charge >= 0.3 is 0 Å². The van der Waals surface area contributed by atoms with Crippen LogP contribution in [0, 0.1) is 0 Å². The Hall–Kier alpha value is -1.16. The number of hydrogen-bond acceptors (Lipinski definition) is 4. The molecule has 1 aromatic rings. The first-order valence-corrected chi connectivity index (χ1v) is 6.91. The molecule has 100 valence electrons. The van der Waals surface area contributed by atoms with Crippen molar-refractivity contribution < 1.29 is 0 Å². The maximum atomic E-state index is 4.49. The van der Waals surface area contributed by atoms with Gasteiger partial charge in [-0.25, -0.2) is 4.98 Å². The molecule has 0 atom stereocenters. The minimum absolute atomic E-state index is 0.306. The van der Waals surface area contributed by atoms with E-state index < -0.39 is 0 Å². The van der Waals surface area contributed by atoms with Gasteiger partial charge in [0.2, 0.25) is 0 Å². The molecule has 1 aliphatic rings. The zero-order valence-electron chi connectivity index (χ0n) is 11.7. The SMILES string of the molecule is CCCNc1cnc(CN2CCCC2(C)C)cn1. The fraction of sp³-hybridized carbons (Fsp3) is 0.714. The molecule has 1 aliphatic heterocycles. The maximum absolute atomic E-state index is 4.49. The average molecular weight is 248 g/mol. The average Bonchev–Trinajstić information content (AvgIpc) is 2.68. The number of nitrogens with zero attached hydrogens (tertiary/aromatic N) is 3. The van der Waals surface area contributed by atoms with Crippen molar-refractivity contribution in [1.82, 2.24) is 14.9 Å². The maximum Gasteiger partial charge on any atom is 0.144 e. The third kappa shape index (κ3) is 3.19. The molecule has 0 radical (unpaired) electrons. The lowest BCUT2D eigenvalue weighted by molar-refractivity contribution is 0.164. The molecule has 0 bridgehead atoms. The van der Waals surface area contributed by atoms with Gasteiger partial charge in [0, 0.05) is 18.6 Å². The molecule has 4 heteroatoms. The van der Waals surface area contributed by atoms with Gasteiger partial charge < -0.3 is 5.32 Å². The summed E-state index contributed by atoms with van der Waals surface area (Å²) in [5, 5.41) is 3.24. The lowest BCUT2D eigenvalue weighted by Crippen LogP contribution is -2.37. The van der Waals surface area contributed by atoms with E-state index in [0.717, 1.165) is 31.0 Å². The Bertz CT molecular complexity index is 372. The highest BCUT2D eigenvalue weighted by molar-refractivity contribution is 5.30. The molecule has 0 amide bonds. The van der Waals surface area contributed by atoms with Crippen LogP contribution in [0.25, 0.3) is 0 Å². The molecule has 18 heavy (non-hydrogen) atoms. The van der Waals surface area contributed by atoms with E-state index in [0.29, 0.717) is 5.54 Å². The number of anilines is 1. The first-order chi connectivity index (χ1) is 8.62. The second-order valence-corrected chi connectivity index (χ2v) is 5.66. The number of rotatable bonds is 5. The zero-order valence-corrected chi connectivity index (χ0v) is 11.7. The van der Waals surface area contributed by atoms with Gasteiger partial charge in [0.1, 0.15) is 5.82 Å². The Balaban J connectivity index is 1.94. The van der Waals surface area contributed by atoms with Crippen molar-refractivity contribution >= 4 is 5.82 Å². The van der Waals surface area contributed by atoms with Gasteiger partial charge in [0.05, 0.1) is 18.1 Å². The lowest BCUT2D eigenvalue weighted by atomic mass is 10.0. The van der Waals surface area contributed by atoms with E-state index in [1.165, 1.54) is 19.4 Å². The fourth-order valence-electron chi connectivity index (χ4n) is 2.43. The van der Waals surface area contributed by atoms with E-state index in [1.54, 1.807) is 0 Å². The molecule has 1 fully saturated rings. The van der Waals surface area contributed by atoms with Crippen LogP contribution in [0.2, 0.25) is 0 Å². The predicted octanol–water partition coefficient (Wildman–Crippen LogP) is 2.67. The molecular weight excluding hydrogens is 224 g/mol. The second kappa shape index (κ2) is 5.65. The van der Waals surface area contributed by atoms with E-state index in [2.05, 4.69) is 41.0 Å². The Morgan fingerprint density at radius 1 is 1.33 bits per heavy atom. The molecule has 0 saturated carbocycles. The van der Waals surface area contributed by atoms with Crippen molar-refractivity contribution in [3.05, 3.63) is 18.1 Å². The third-order valence-corrected chi connectivity index (χ3v) is 3.69. The molecule has 0 unspecified atom stereocenters. The second-order valence-electron chi connectivity index (χ2n) is 5.66. The van der Waals surface area contributed by atoms with Crippen molar-refractivity contribution in [2.45, 2.75) is 52.1 Å². The molecule has 0 aromatic carbocycles. The topological polar surface area (TPSA) is 41.1 Å². The summed E-state index contributed by atoms with van der Waals surface area (Å²) in [6, 6.07) is 0. The lowest BCUT2D eigenvalue weighted by Gasteiger charge is -2.31. The molecule has 1 N–H and O–H groups in total. The van der Waals surface area contributed by atoms with E-state index >= 15 is 0 Å². The van der Waals surface area contributed by atoms with Crippen LogP contribution in [-0.2, 0) is 6.54 Å². The number of aromatic nitrogens is 2. The molecule has 0 aliphatic carbocycles. The number of hydrogen-bond donors (Lipinski definition) is 1. The van der Waals surface area contributed by atoms with Gasteiger partial charge in [-0.05, 0) is 39.7 Å². The molecule has 2 heterocycles. The quantitative estimate of drug-likeness (QED) is 0.870. The van der Waals surface area contributed by atoms with Crippen molar-refractivity contribution in [2.75, 3.05) is 18.4 Å². The summed E-state index contributed by atoms with van der Waals surface area (Å²) < 4.78 is 0. The third-order valence-electron chi connectivity index (χ3n) is 3.69. The Kier molecular flexibility index (Phi) is 4.17. The van der Waals surface area contributed by atoms with Crippen LogP contribution in [0.4, 0.5) is 5.82 Å². The van der Waals surface area contributed by atoms with E-state index in [4.69, 9.17) is 0 Å². The van der Waals surface area contributed by atoms with Crippen LogP contribution in [0.5, 0.6) is 0 Å². The molecule has 1 saturated heterocycles. The summed E-state index contributed by atoms with van der Waals surface area (Å²) in [6.07, 6.45) is 7.40. The summed E-state index contributed by atoms with van der Waals surface area (Å²) in [7, 11) is 0. The molecular formula is C14H24N4. The van der Waals surface area contributed by atoms with Gasteiger partial charge in [-0.1, -0.05) is 6.92 Å². The highest BCUT2D eigenvalue weighted by atomic mass is 15.2. The van der Waals surface area contributed by atoms with Gasteiger partial charge in [-0.15, -0.1) is 0 Å². The molecule has 2 rings (SSSR count). The van der Waals surface area contributed by atoms with Crippen LogP contribution >= 0.6 is 0 Å². The van der Waals surface area contributed by atoms with E-state index in [-0.39, 0.29) is 0 Å². The highest BCUT2D eigenvalue weighted by Gasteiger charge is 2.31.